The van der Waals surface area contributed by atoms with E-state index in [4.69, 9.17) is 4.74 Å². The summed E-state index contributed by atoms with van der Waals surface area (Å²) >= 11 is 0.984. The van der Waals surface area contributed by atoms with Crippen LogP contribution in [0.2, 0.25) is 0 Å². The van der Waals surface area contributed by atoms with Crippen LogP contribution in [0.15, 0.2) is 17.6 Å². The summed E-state index contributed by atoms with van der Waals surface area (Å²) < 4.78 is 44.4. The van der Waals surface area contributed by atoms with Gasteiger partial charge in [-0.25, -0.2) is 22.9 Å². The Hall–Kier alpha value is -2.09. The third-order valence-corrected chi connectivity index (χ3v) is 3.02. The number of anilines is 2. The van der Waals surface area contributed by atoms with Gasteiger partial charge in [0.05, 0.1) is 17.8 Å². The fourth-order valence-electron chi connectivity index (χ4n) is 1.45. The van der Waals surface area contributed by atoms with Crippen molar-refractivity contribution in [3.8, 4) is 0 Å². The van der Waals surface area contributed by atoms with Gasteiger partial charge in [0.25, 0.3) is 0 Å². The van der Waals surface area contributed by atoms with Crippen LogP contribution in [0, 0.1) is 17.5 Å². The first-order valence-corrected chi connectivity index (χ1v) is 6.43. The minimum absolute atomic E-state index is 0.0686. The number of carbonyl (C=O) groups is 1. The Morgan fingerprint density at radius 1 is 1.40 bits per heavy atom. The Morgan fingerprint density at radius 3 is 2.85 bits per heavy atom. The van der Waals surface area contributed by atoms with Crippen LogP contribution in [0.5, 0.6) is 0 Å². The van der Waals surface area contributed by atoms with E-state index in [0.717, 1.165) is 17.4 Å². The van der Waals surface area contributed by atoms with E-state index in [0.29, 0.717) is 6.07 Å². The zero-order valence-electron chi connectivity index (χ0n) is 10.2. The number of nitrogens with one attached hydrogen (secondary N) is 1. The standard InChI is InChI=1S/C12H9F3N2O2S/c1-2-19-12(18)10-11(20-5-16-10)17-8-4-6(13)3-7(14)9(8)15/h3-5,17H,2H2,1H3. The monoisotopic (exact) mass is 302 g/mol. The highest BCUT2D eigenvalue weighted by molar-refractivity contribution is 7.14. The summed E-state index contributed by atoms with van der Waals surface area (Å²) in [4.78, 5) is 15.4. The Kier molecular flexibility index (Phi) is 4.23. The first-order chi connectivity index (χ1) is 9.52. The van der Waals surface area contributed by atoms with Gasteiger partial charge in [-0.3, -0.25) is 0 Å². The smallest absolute Gasteiger partial charge is 0.360 e. The van der Waals surface area contributed by atoms with Gasteiger partial charge in [0.15, 0.2) is 17.3 Å². The van der Waals surface area contributed by atoms with Crippen molar-refractivity contribution in [3.63, 3.8) is 0 Å². The van der Waals surface area contributed by atoms with Crippen LogP contribution >= 0.6 is 11.3 Å². The van der Waals surface area contributed by atoms with Crippen molar-refractivity contribution in [2.24, 2.45) is 0 Å². The number of ether oxygens (including phenoxy) is 1. The van der Waals surface area contributed by atoms with Crippen LogP contribution in [0.25, 0.3) is 0 Å². The molecule has 1 aromatic heterocycles. The molecule has 0 fully saturated rings. The maximum atomic E-state index is 13.5. The van der Waals surface area contributed by atoms with E-state index in [1.165, 1.54) is 5.51 Å². The van der Waals surface area contributed by atoms with Crippen LogP contribution in [0.3, 0.4) is 0 Å². The average molecular weight is 302 g/mol. The van der Waals surface area contributed by atoms with Crippen LogP contribution in [-0.2, 0) is 4.74 Å². The predicted octanol–water partition coefficient (Wildman–Crippen LogP) is 3.48. The van der Waals surface area contributed by atoms with Gasteiger partial charge in [0.2, 0.25) is 0 Å². The summed E-state index contributed by atoms with van der Waals surface area (Å²) in [5.74, 6) is -4.20. The topological polar surface area (TPSA) is 51.2 Å². The van der Waals surface area contributed by atoms with E-state index in [9.17, 15) is 18.0 Å². The molecule has 0 aliphatic heterocycles. The lowest BCUT2D eigenvalue weighted by molar-refractivity contribution is 0.0521. The minimum atomic E-state index is -1.32. The summed E-state index contributed by atoms with van der Waals surface area (Å²) in [5.41, 5.74) is 0.848. The molecule has 106 valence electrons. The summed E-state index contributed by atoms with van der Waals surface area (Å²) in [6.45, 7) is 1.78. The number of nitrogens with zero attached hydrogens (tertiary/aromatic N) is 1. The fraction of sp³-hybridized carbons (Fsp3) is 0.167. The molecule has 0 radical (unpaired) electrons. The highest BCUT2D eigenvalue weighted by Gasteiger charge is 2.19. The lowest BCUT2D eigenvalue weighted by atomic mass is 10.3. The summed E-state index contributed by atoms with van der Waals surface area (Å²) in [7, 11) is 0. The Balaban J connectivity index is 2.32. The maximum absolute atomic E-state index is 13.5. The lowest BCUT2D eigenvalue weighted by Crippen LogP contribution is -2.08. The van der Waals surface area contributed by atoms with Crippen LogP contribution < -0.4 is 5.32 Å². The number of esters is 1. The summed E-state index contributed by atoms with van der Waals surface area (Å²) in [6.07, 6.45) is 0. The van der Waals surface area contributed by atoms with Crippen LogP contribution in [-0.4, -0.2) is 17.6 Å². The second-order valence-electron chi connectivity index (χ2n) is 3.62. The fourth-order valence-corrected chi connectivity index (χ4v) is 2.13. The molecule has 20 heavy (non-hydrogen) atoms. The number of rotatable bonds is 4. The number of hydrogen-bond donors (Lipinski definition) is 1. The molecule has 1 N–H and O–H groups in total. The van der Waals surface area contributed by atoms with E-state index < -0.39 is 29.1 Å². The number of halogens is 3. The third kappa shape index (κ3) is 2.90. The number of thiazole rings is 1. The van der Waals surface area contributed by atoms with E-state index >= 15 is 0 Å². The van der Waals surface area contributed by atoms with Gasteiger partial charge in [-0.2, -0.15) is 0 Å². The van der Waals surface area contributed by atoms with Crippen LogP contribution in [0.4, 0.5) is 23.9 Å². The number of hydrogen-bond acceptors (Lipinski definition) is 5. The van der Waals surface area contributed by atoms with E-state index in [1.54, 1.807) is 6.92 Å². The molecule has 0 saturated carbocycles. The molecule has 0 unspecified atom stereocenters. The lowest BCUT2D eigenvalue weighted by Gasteiger charge is -2.07. The molecule has 8 heteroatoms. The van der Waals surface area contributed by atoms with Crippen molar-refractivity contribution < 1.29 is 22.7 Å². The van der Waals surface area contributed by atoms with Crippen molar-refractivity contribution >= 4 is 28.0 Å². The quantitative estimate of drug-likeness (QED) is 0.694. The molecule has 4 nitrogen and oxygen atoms in total. The molecule has 2 aromatic rings. The molecule has 0 aliphatic rings. The first kappa shape index (κ1) is 14.3. The number of carbonyl (C=O) groups excluding carboxylic acids is 1. The van der Waals surface area contributed by atoms with Gasteiger partial charge in [-0.1, -0.05) is 0 Å². The van der Waals surface area contributed by atoms with E-state index in [1.807, 2.05) is 0 Å². The second-order valence-corrected chi connectivity index (χ2v) is 4.48. The molecule has 0 bridgehead atoms. The molecule has 0 saturated heterocycles. The van der Waals surface area contributed by atoms with Gasteiger partial charge in [0.1, 0.15) is 10.8 Å². The Labute approximate surface area is 116 Å². The number of benzene rings is 1. The average Bonchev–Trinajstić information content (AvgIpc) is 2.84. The largest absolute Gasteiger partial charge is 0.461 e. The van der Waals surface area contributed by atoms with E-state index in [-0.39, 0.29) is 17.3 Å². The Morgan fingerprint density at radius 2 is 2.15 bits per heavy atom. The first-order valence-electron chi connectivity index (χ1n) is 5.55. The summed E-state index contributed by atoms with van der Waals surface area (Å²) in [5, 5.41) is 2.59. The van der Waals surface area contributed by atoms with Gasteiger partial charge >= 0.3 is 5.97 Å². The molecular weight excluding hydrogens is 293 g/mol. The highest BCUT2D eigenvalue weighted by atomic mass is 32.1. The van der Waals surface area contributed by atoms with E-state index in [2.05, 4.69) is 10.3 Å². The zero-order chi connectivity index (χ0) is 14.7. The molecule has 1 heterocycles. The number of aromatic nitrogens is 1. The maximum Gasteiger partial charge on any atom is 0.360 e. The molecule has 0 aliphatic carbocycles. The summed E-state index contributed by atoms with van der Waals surface area (Å²) in [6, 6.07) is 1.21. The molecule has 1 aromatic carbocycles. The van der Waals surface area contributed by atoms with Gasteiger partial charge in [-0.05, 0) is 6.92 Å². The van der Waals surface area contributed by atoms with Crippen molar-refractivity contribution in [3.05, 3.63) is 40.8 Å². The van der Waals surface area contributed by atoms with Crippen LogP contribution in [0.1, 0.15) is 17.4 Å². The SMILES string of the molecule is CCOC(=O)c1ncsc1Nc1cc(F)cc(F)c1F. The van der Waals surface area contributed by atoms with Crippen molar-refractivity contribution in [1.29, 1.82) is 0 Å². The van der Waals surface area contributed by atoms with Crippen molar-refractivity contribution in [1.82, 2.24) is 4.98 Å². The van der Waals surface area contributed by atoms with Gasteiger partial charge in [-0.15, -0.1) is 11.3 Å². The zero-order valence-corrected chi connectivity index (χ0v) is 11.1. The highest BCUT2D eigenvalue weighted by Crippen LogP contribution is 2.28. The predicted molar refractivity (Wildman–Crippen MR) is 67.7 cm³/mol. The molecular formula is C12H9F3N2O2S. The molecule has 0 amide bonds. The van der Waals surface area contributed by atoms with Crippen molar-refractivity contribution in [2.75, 3.05) is 11.9 Å². The van der Waals surface area contributed by atoms with Gasteiger partial charge in [0, 0.05) is 12.1 Å². The van der Waals surface area contributed by atoms with Gasteiger partial charge < -0.3 is 10.1 Å². The normalized spacial score (nSPS) is 10.4. The molecule has 0 atom stereocenters. The molecule has 2 rings (SSSR count). The van der Waals surface area contributed by atoms with Crippen molar-refractivity contribution in [2.45, 2.75) is 6.92 Å². The Bertz CT molecular complexity index is 646. The third-order valence-electron chi connectivity index (χ3n) is 2.28. The molecule has 0 spiro atoms. The second kappa shape index (κ2) is 5.91. The minimum Gasteiger partial charge on any atom is -0.461 e.